The van der Waals surface area contributed by atoms with Crippen molar-refractivity contribution in [2.24, 2.45) is 11.3 Å². The quantitative estimate of drug-likeness (QED) is 0.797. The SMILES string of the molecule is CC(C)(C)C12CCC(CC(CCO)C1)N2C(=O)O. The Morgan fingerprint density at radius 3 is 2.61 bits per heavy atom. The van der Waals surface area contributed by atoms with Gasteiger partial charge >= 0.3 is 6.09 Å². The molecule has 1 amide bonds. The zero-order valence-electron chi connectivity index (χ0n) is 11.6. The summed E-state index contributed by atoms with van der Waals surface area (Å²) in [6.45, 7) is 6.65. The second-order valence-corrected chi connectivity index (χ2v) is 6.94. The lowest BCUT2D eigenvalue weighted by molar-refractivity contribution is -0.0360. The van der Waals surface area contributed by atoms with Crippen LogP contribution in [0.3, 0.4) is 0 Å². The van der Waals surface area contributed by atoms with Crippen molar-refractivity contribution in [1.29, 1.82) is 0 Å². The molecule has 3 unspecified atom stereocenters. The fraction of sp³-hybridized carbons (Fsp3) is 0.929. The fourth-order valence-electron chi connectivity index (χ4n) is 4.16. The smallest absolute Gasteiger partial charge is 0.408 e. The molecule has 2 heterocycles. The number of hydrogen-bond donors (Lipinski definition) is 2. The third kappa shape index (κ3) is 1.91. The number of hydrogen-bond acceptors (Lipinski definition) is 2. The zero-order chi connectivity index (χ0) is 13.6. The second kappa shape index (κ2) is 4.41. The van der Waals surface area contributed by atoms with Crippen LogP contribution in [0.2, 0.25) is 0 Å². The molecule has 2 rings (SSSR count). The van der Waals surface area contributed by atoms with E-state index in [1.165, 1.54) is 0 Å². The van der Waals surface area contributed by atoms with Crippen LogP contribution in [-0.2, 0) is 0 Å². The Balaban J connectivity index is 2.33. The average Bonchev–Trinajstić information content (AvgIpc) is 2.48. The number of aliphatic hydroxyl groups excluding tert-OH is 1. The van der Waals surface area contributed by atoms with Gasteiger partial charge in [0.2, 0.25) is 0 Å². The van der Waals surface area contributed by atoms with Crippen molar-refractivity contribution in [3.63, 3.8) is 0 Å². The Bertz CT molecular complexity index is 336. The summed E-state index contributed by atoms with van der Waals surface area (Å²) in [5, 5.41) is 18.7. The highest BCUT2D eigenvalue weighted by molar-refractivity contribution is 5.68. The molecule has 104 valence electrons. The van der Waals surface area contributed by atoms with Crippen molar-refractivity contribution >= 4 is 6.09 Å². The normalized spacial score (nSPS) is 35.9. The van der Waals surface area contributed by atoms with E-state index in [0.717, 1.165) is 32.1 Å². The lowest BCUT2D eigenvalue weighted by Crippen LogP contribution is -2.61. The number of carbonyl (C=O) groups is 1. The molecule has 2 saturated heterocycles. The van der Waals surface area contributed by atoms with Gasteiger partial charge in [0.25, 0.3) is 0 Å². The summed E-state index contributed by atoms with van der Waals surface area (Å²) in [7, 11) is 0. The molecule has 2 N–H and O–H groups in total. The van der Waals surface area contributed by atoms with Gasteiger partial charge in [-0.15, -0.1) is 0 Å². The van der Waals surface area contributed by atoms with Crippen molar-refractivity contribution < 1.29 is 15.0 Å². The van der Waals surface area contributed by atoms with Gasteiger partial charge in [-0.05, 0) is 43.4 Å². The van der Waals surface area contributed by atoms with Gasteiger partial charge in [-0.25, -0.2) is 4.79 Å². The maximum absolute atomic E-state index is 11.6. The third-order valence-electron chi connectivity index (χ3n) is 5.09. The molecular formula is C14H25NO3. The van der Waals surface area contributed by atoms with Crippen molar-refractivity contribution in [2.45, 2.75) is 64.5 Å². The molecule has 18 heavy (non-hydrogen) atoms. The minimum atomic E-state index is -0.769. The van der Waals surface area contributed by atoms with Gasteiger partial charge < -0.3 is 10.2 Å². The van der Waals surface area contributed by atoms with E-state index in [9.17, 15) is 9.90 Å². The fourth-order valence-corrected chi connectivity index (χ4v) is 4.16. The van der Waals surface area contributed by atoms with Crippen LogP contribution in [0, 0.1) is 11.3 Å². The lowest BCUT2D eigenvalue weighted by Gasteiger charge is -2.53. The van der Waals surface area contributed by atoms with Gasteiger partial charge in [0.1, 0.15) is 0 Å². The highest BCUT2D eigenvalue weighted by atomic mass is 16.4. The summed E-state index contributed by atoms with van der Waals surface area (Å²) >= 11 is 0. The molecule has 0 saturated carbocycles. The number of aliphatic hydroxyl groups is 1. The first kappa shape index (κ1) is 13.7. The van der Waals surface area contributed by atoms with E-state index in [1.807, 2.05) is 0 Å². The van der Waals surface area contributed by atoms with E-state index >= 15 is 0 Å². The number of rotatable bonds is 2. The van der Waals surface area contributed by atoms with Gasteiger partial charge in [-0.2, -0.15) is 0 Å². The van der Waals surface area contributed by atoms with Gasteiger partial charge in [0, 0.05) is 12.6 Å². The molecular weight excluding hydrogens is 230 g/mol. The largest absolute Gasteiger partial charge is 0.465 e. The molecule has 0 spiro atoms. The van der Waals surface area contributed by atoms with Crippen LogP contribution in [-0.4, -0.2) is 39.4 Å². The van der Waals surface area contributed by atoms with Gasteiger partial charge in [-0.3, -0.25) is 4.90 Å². The molecule has 0 aromatic carbocycles. The molecule has 4 heteroatoms. The van der Waals surface area contributed by atoms with E-state index in [1.54, 1.807) is 4.90 Å². The molecule has 3 atom stereocenters. The highest BCUT2D eigenvalue weighted by Crippen LogP contribution is 2.55. The van der Waals surface area contributed by atoms with Gasteiger partial charge in [0.05, 0.1) is 5.54 Å². The minimum Gasteiger partial charge on any atom is -0.465 e. The van der Waals surface area contributed by atoms with Crippen LogP contribution in [0.15, 0.2) is 0 Å². The Morgan fingerprint density at radius 1 is 1.44 bits per heavy atom. The average molecular weight is 255 g/mol. The van der Waals surface area contributed by atoms with Crippen molar-refractivity contribution in [2.75, 3.05) is 6.61 Å². The monoisotopic (exact) mass is 255 g/mol. The number of amides is 1. The molecule has 0 radical (unpaired) electrons. The van der Waals surface area contributed by atoms with Crippen molar-refractivity contribution in [3.05, 3.63) is 0 Å². The first-order chi connectivity index (χ1) is 8.32. The van der Waals surface area contributed by atoms with Crippen LogP contribution >= 0.6 is 0 Å². The van der Waals surface area contributed by atoms with E-state index in [4.69, 9.17) is 5.11 Å². The maximum atomic E-state index is 11.6. The molecule has 2 fully saturated rings. The van der Waals surface area contributed by atoms with Crippen LogP contribution < -0.4 is 0 Å². The number of fused-ring (bicyclic) bond motifs is 2. The summed E-state index contributed by atoms with van der Waals surface area (Å²) in [6, 6.07) is 0.159. The summed E-state index contributed by atoms with van der Waals surface area (Å²) in [5.74, 6) is 0.470. The highest BCUT2D eigenvalue weighted by Gasteiger charge is 2.58. The predicted molar refractivity (Wildman–Crippen MR) is 69.5 cm³/mol. The maximum Gasteiger partial charge on any atom is 0.408 e. The van der Waals surface area contributed by atoms with Crippen LogP contribution in [0.4, 0.5) is 4.79 Å². The summed E-state index contributed by atoms with van der Waals surface area (Å²) in [5.41, 5.74) is -0.282. The Hall–Kier alpha value is -0.770. The first-order valence-electron chi connectivity index (χ1n) is 6.95. The topological polar surface area (TPSA) is 60.8 Å². The molecule has 0 aromatic heterocycles. The van der Waals surface area contributed by atoms with Crippen LogP contribution in [0.5, 0.6) is 0 Å². The van der Waals surface area contributed by atoms with E-state index in [-0.39, 0.29) is 23.6 Å². The zero-order valence-corrected chi connectivity index (χ0v) is 11.6. The molecule has 0 aromatic rings. The third-order valence-corrected chi connectivity index (χ3v) is 5.09. The van der Waals surface area contributed by atoms with Crippen molar-refractivity contribution in [1.82, 2.24) is 4.90 Å². The molecule has 2 aliphatic heterocycles. The molecule has 2 bridgehead atoms. The Kier molecular flexibility index (Phi) is 3.34. The Morgan fingerprint density at radius 2 is 2.11 bits per heavy atom. The first-order valence-corrected chi connectivity index (χ1v) is 6.95. The standard InChI is InChI=1S/C14H25NO3/c1-13(2,3)14-6-4-11(15(14)12(17)18)8-10(9-14)5-7-16/h10-11,16H,4-9H2,1-3H3,(H,17,18). The number of nitrogens with zero attached hydrogens (tertiary/aromatic N) is 1. The second-order valence-electron chi connectivity index (χ2n) is 6.94. The number of carboxylic acid groups (broad SMARTS) is 1. The van der Waals surface area contributed by atoms with Gasteiger partial charge in [-0.1, -0.05) is 20.8 Å². The van der Waals surface area contributed by atoms with Crippen molar-refractivity contribution in [3.8, 4) is 0 Å². The lowest BCUT2D eigenvalue weighted by atomic mass is 9.66. The van der Waals surface area contributed by atoms with E-state index in [2.05, 4.69) is 20.8 Å². The van der Waals surface area contributed by atoms with Gasteiger partial charge in [0.15, 0.2) is 0 Å². The van der Waals surface area contributed by atoms with Crippen LogP contribution in [0.25, 0.3) is 0 Å². The predicted octanol–water partition coefficient (Wildman–Crippen LogP) is 2.71. The number of piperidine rings is 1. The minimum absolute atomic E-state index is 0.0474. The summed E-state index contributed by atoms with van der Waals surface area (Å²) in [4.78, 5) is 13.3. The van der Waals surface area contributed by atoms with E-state index < -0.39 is 6.09 Å². The van der Waals surface area contributed by atoms with E-state index in [0.29, 0.717) is 5.92 Å². The molecule has 2 aliphatic rings. The molecule has 4 nitrogen and oxygen atoms in total. The Labute approximate surface area is 109 Å². The van der Waals surface area contributed by atoms with Crippen LogP contribution in [0.1, 0.15) is 52.9 Å². The summed E-state index contributed by atoms with van der Waals surface area (Å²) < 4.78 is 0. The molecule has 0 aliphatic carbocycles. The summed E-state index contributed by atoms with van der Waals surface area (Å²) in [6.07, 6.45) is 3.81.